The van der Waals surface area contributed by atoms with Crippen LogP contribution >= 0.6 is 0 Å². The van der Waals surface area contributed by atoms with Gasteiger partial charge >= 0.3 is 0 Å². The highest BCUT2D eigenvalue weighted by Gasteiger charge is 2.39. The number of hydrogen-bond donors (Lipinski definition) is 2. The standard InChI is InChI=1S/C30H43N7O3/c1-21-30(39)35(3)25-12-13-27(33-28(25)37(21)23-8-6-5-7-9-23)32-24-11-10-22(20-26(24)40-4)29(38)31-14-15-36-18-16-34(2)17-19-36/h10-13,20-21,23H,5-9,14-19H2,1-4H3,(H,31,38)(H,32,33)/t21-/m0/s1. The normalized spacial score (nSPS) is 20.8. The highest BCUT2D eigenvalue weighted by atomic mass is 16.5. The summed E-state index contributed by atoms with van der Waals surface area (Å²) in [6.45, 7) is 7.61. The Morgan fingerprint density at radius 3 is 2.52 bits per heavy atom. The Balaban J connectivity index is 1.29. The molecule has 1 aliphatic carbocycles. The summed E-state index contributed by atoms with van der Waals surface area (Å²) in [5, 5.41) is 6.42. The first-order chi connectivity index (χ1) is 19.4. The Labute approximate surface area is 237 Å². The number of anilines is 4. The highest BCUT2D eigenvalue weighted by molar-refractivity contribution is 6.04. The van der Waals surface area contributed by atoms with E-state index in [4.69, 9.17) is 9.72 Å². The molecule has 3 heterocycles. The SMILES string of the molecule is COc1cc(C(=O)NCCN2CCN(C)CC2)ccc1Nc1ccc2c(n1)N(C1CCCCC1)[C@@H](C)C(=O)N2C. The molecule has 1 atom stereocenters. The van der Waals surface area contributed by atoms with Gasteiger partial charge in [-0.05, 0) is 57.1 Å². The first kappa shape index (κ1) is 28.2. The third kappa shape index (κ3) is 6.02. The van der Waals surface area contributed by atoms with Crippen molar-refractivity contribution in [2.45, 2.75) is 51.1 Å². The number of benzene rings is 1. The van der Waals surface area contributed by atoms with E-state index in [-0.39, 0.29) is 17.9 Å². The predicted molar refractivity (Wildman–Crippen MR) is 159 cm³/mol. The van der Waals surface area contributed by atoms with Crippen LogP contribution in [-0.2, 0) is 4.79 Å². The molecule has 1 aromatic heterocycles. The minimum Gasteiger partial charge on any atom is -0.495 e. The van der Waals surface area contributed by atoms with E-state index in [1.807, 2.05) is 32.2 Å². The van der Waals surface area contributed by atoms with Crippen LogP contribution in [0.1, 0.15) is 49.4 Å². The number of ether oxygens (including phenoxy) is 1. The maximum atomic E-state index is 13.0. The van der Waals surface area contributed by atoms with E-state index in [1.165, 1.54) is 19.3 Å². The summed E-state index contributed by atoms with van der Waals surface area (Å²) in [6.07, 6.45) is 5.76. The summed E-state index contributed by atoms with van der Waals surface area (Å²) in [7, 11) is 5.56. The van der Waals surface area contributed by atoms with Crippen LogP contribution < -0.4 is 25.2 Å². The summed E-state index contributed by atoms with van der Waals surface area (Å²) < 4.78 is 5.65. The molecule has 2 fully saturated rings. The third-order valence-corrected chi connectivity index (χ3v) is 8.57. The molecule has 0 radical (unpaired) electrons. The van der Waals surface area contributed by atoms with E-state index in [2.05, 4.69) is 32.4 Å². The second-order valence-corrected chi connectivity index (χ2v) is 11.3. The Morgan fingerprint density at radius 2 is 1.80 bits per heavy atom. The lowest BCUT2D eigenvalue weighted by Crippen LogP contribution is -2.55. The number of likely N-dealkylation sites (N-methyl/N-ethyl adjacent to an activating group) is 2. The first-order valence-electron chi connectivity index (χ1n) is 14.6. The van der Waals surface area contributed by atoms with Crippen molar-refractivity contribution in [2.24, 2.45) is 0 Å². The van der Waals surface area contributed by atoms with Crippen molar-refractivity contribution >= 4 is 34.8 Å². The molecule has 1 aromatic carbocycles. The maximum Gasteiger partial charge on any atom is 0.251 e. The minimum atomic E-state index is -0.257. The second-order valence-electron chi connectivity index (χ2n) is 11.3. The van der Waals surface area contributed by atoms with E-state index in [0.717, 1.165) is 62.8 Å². The van der Waals surface area contributed by atoms with Crippen molar-refractivity contribution < 1.29 is 14.3 Å². The quantitative estimate of drug-likeness (QED) is 0.518. The fraction of sp³-hybridized carbons (Fsp3) is 0.567. The largest absolute Gasteiger partial charge is 0.495 e. The molecule has 0 spiro atoms. The molecule has 1 saturated heterocycles. The number of carbonyl (C=O) groups excluding carboxylic acids is 2. The Bertz CT molecular complexity index is 1210. The number of pyridine rings is 1. The summed E-state index contributed by atoms with van der Waals surface area (Å²) in [5.74, 6) is 2.05. The summed E-state index contributed by atoms with van der Waals surface area (Å²) in [6, 6.07) is 9.31. The van der Waals surface area contributed by atoms with Crippen molar-refractivity contribution in [1.82, 2.24) is 20.1 Å². The van der Waals surface area contributed by atoms with Gasteiger partial charge in [-0.3, -0.25) is 14.5 Å². The molecule has 2 aliphatic heterocycles. The molecule has 0 bridgehead atoms. The molecule has 5 rings (SSSR count). The van der Waals surface area contributed by atoms with Gasteiger partial charge in [-0.25, -0.2) is 4.98 Å². The fourth-order valence-corrected chi connectivity index (χ4v) is 6.09. The Morgan fingerprint density at radius 1 is 1.05 bits per heavy atom. The van der Waals surface area contributed by atoms with Crippen LogP contribution in [0.4, 0.5) is 23.0 Å². The summed E-state index contributed by atoms with van der Waals surface area (Å²) in [5.41, 5.74) is 2.10. The molecule has 3 aliphatic rings. The van der Waals surface area contributed by atoms with Crippen molar-refractivity contribution in [3.63, 3.8) is 0 Å². The number of rotatable bonds is 8. The van der Waals surface area contributed by atoms with Crippen LogP contribution in [0.25, 0.3) is 0 Å². The third-order valence-electron chi connectivity index (χ3n) is 8.57. The smallest absolute Gasteiger partial charge is 0.251 e. The van der Waals surface area contributed by atoms with Gasteiger partial charge in [0, 0.05) is 57.9 Å². The number of nitrogens with zero attached hydrogens (tertiary/aromatic N) is 5. The molecule has 10 nitrogen and oxygen atoms in total. The molecule has 1 saturated carbocycles. The molecule has 0 unspecified atom stereocenters. The van der Waals surface area contributed by atoms with Crippen molar-refractivity contribution in [3.8, 4) is 5.75 Å². The number of fused-ring (bicyclic) bond motifs is 1. The number of amides is 2. The second kappa shape index (κ2) is 12.4. The number of carbonyl (C=O) groups is 2. The number of hydrogen-bond acceptors (Lipinski definition) is 8. The summed E-state index contributed by atoms with van der Waals surface area (Å²) >= 11 is 0. The molecular weight excluding hydrogens is 506 g/mol. The zero-order valence-corrected chi connectivity index (χ0v) is 24.3. The van der Waals surface area contributed by atoms with Crippen LogP contribution in [0.5, 0.6) is 5.75 Å². The Kier molecular flexibility index (Phi) is 8.75. The van der Waals surface area contributed by atoms with E-state index in [9.17, 15) is 9.59 Å². The van der Waals surface area contributed by atoms with Gasteiger partial charge in [-0.15, -0.1) is 0 Å². The molecular formula is C30H43N7O3. The zero-order valence-electron chi connectivity index (χ0n) is 24.3. The van der Waals surface area contributed by atoms with E-state index in [0.29, 0.717) is 29.7 Å². The average Bonchev–Trinajstić information content (AvgIpc) is 2.98. The van der Waals surface area contributed by atoms with Gasteiger partial charge in [0.25, 0.3) is 5.91 Å². The van der Waals surface area contributed by atoms with E-state index < -0.39 is 0 Å². The number of methoxy groups -OCH3 is 1. The topological polar surface area (TPSA) is 93.3 Å². The van der Waals surface area contributed by atoms with Crippen LogP contribution in [-0.4, -0.2) is 99.2 Å². The van der Waals surface area contributed by atoms with Gasteiger partial charge in [-0.2, -0.15) is 0 Å². The Hall–Kier alpha value is -3.37. The van der Waals surface area contributed by atoms with Gasteiger partial charge in [0.15, 0.2) is 5.82 Å². The number of nitrogens with one attached hydrogen (secondary N) is 2. The fourth-order valence-electron chi connectivity index (χ4n) is 6.09. The predicted octanol–water partition coefficient (Wildman–Crippen LogP) is 3.32. The minimum absolute atomic E-state index is 0.0969. The van der Waals surface area contributed by atoms with Crippen LogP contribution in [0.15, 0.2) is 30.3 Å². The molecule has 2 aromatic rings. The molecule has 216 valence electrons. The van der Waals surface area contributed by atoms with Crippen LogP contribution in [0, 0.1) is 0 Å². The molecule has 10 heteroatoms. The van der Waals surface area contributed by atoms with E-state index >= 15 is 0 Å². The van der Waals surface area contributed by atoms with Gasteiger partial charge in [0.1, 0.15) is 17.6 Å². The van der Waals surface area contributed by atoms with Gasteiger partial charge in [0.2, 0.25) is 5.91 Å². The van der Waals surface area contributed by atoms with Gasteiger partial charge in [0.05, 0.1) is 18.5 Å². The van der Waals surface area contributed by atoms with Crippen molar-refractivity contribution in [3.05, 3.63) is 35.9 Å². The summed E-state index contributed by atoms with van der Waals surface area (Å²) in [4.78, 5) is 39.5. The zero-order chi connectivity index (χ0) is 28.2. The molecule has 40 heavy (non-hydrogen) atoms. The van der Waals surface area contributed by atoms with E-state index in [1.54, 1.807) is 24.1 Å². The molecule has 2 amide bonds. The lowest BCUT2D eigenvalue weighted by Gasteiger charge is -2.44. The first-order valence-corrected chi connectivity index (χ1v) is 14.6. The highest BCUT2D eigenvalue weighted by Crippen LogP contribution is 2.40. The lowest BCUT2D eigenvalue weighted by molar-refractivity contribution is -0.119. The average molecular weight is 550 g/mol. The van der Waals surface area contributed by atoms with Crippen molar-refractivity contribution in [1.29, 1.82) is 0 Å². The lowest BCUT2D eigenvalue weighted by atomic mass is 9.92. The molecule has 2 N–H and O–H groups in total. The number of aromatic nitrogens is 1. The van der Waals surface area contributed by atoms with Crippen LogP contribution in [0.3, 0.4) is 0 Å². The van der Waals surface area contributed by atoms with Gasteiger partial charge in [-0.1, -0.05) is 19.3 Å². The van der Waals surface area contributed by atoms with Crippen LogP contribution in [0.2, 0.25) is 0 Å². The van der Waals surface area contributed by atoms with Crippen molar-refractivity contribution in [2.75, 3.05) is 75.6 Å². The maximum absolute atomic E-state index is 13.0. The van der Waals surface area contributed by atoms with Gasteiger partial charge < -0.3 is 30.1 Å². The monoisotopic (exact) mass is 549 g/mol. The number of piperazine rings is 1.